The number of carbonyl (C=O) groups is 3. The molecule has 1 unspecified atom stereocenters. The number of benzene rings is 1. The minimum atomic E-state index is -0.867. The van der Waals surface area contributed by atoms with E-state index in [2.05, 4.69) is 4.98 Å². The summed E-state index contributed by atoms with van der Waals surface area (Å²) in [5.74, 6) is -1.46. The van der Waals surface area contributed by atoms with Crippen LogP contribution in [0.3, 0.4) is 0 Å². The molecule has 0 aliphatic carbocycles. The van der Waals surface area contributed by atoms with Crippen molar-refractivity contribution in [1.82, 2.24) is 14.8 Å². The molecule has 2 amide bonds. The molecule has 0 spiro atoms. The predicted molar refractivity (Wildman–Crippen MR) is 135 cm³/mol. The second-order valence-electron chi connectivity index (χ2n) is 8.59. The Balaban J connectivity index is 1.79. The van der Waals surface area contributed by atoms with Crippen LogP contribution in [0.5, 0.6) is 11.5 Å². The lowest BCUT2D eigenvalue weighted by Gasteiger charge is -2.38. The van der Waals surface area contributed by atoms with Gasteiger partial charge in [0, 0.05) is 37.6 Å². The third kappa shape index (κ3) is 4.93. The highest BCUT2D eigenvalue weighted by atomic mass is 35.5. The molecule has 11 heteroatoms. The van der Waals surface area contributed by atoms with Crippen molar-refractivity contribution >= 4 is 35.1 Å². The maximum absolute atomic E-state index is 13.4. The van der Waals surface area contributed by atoms with E-state index >= 15 is 0 Å². The molecule has 2 aliphatic rings. The van der Waals surface area contributed by atoms with Gasteiger partial charge in [0.05, 0.1) is 43.0 Å². The first-order valence-electron chi connectivity index (χ1n) is 11.9. The molecule has 0 saturated carbocycles. The molecule has 0 bridgehead atoms. The first kappa shape index (κ1) is 26.3. The normalized spacial score (nSPS) is 19.7. The molecule has 1 N–H and O–H groups in total. The summed E-state index contributed by atoms with van der Waals surface area (Å²) < 4.78 is 15.8. The second-order valence-corrected chi connectivity index (χ2v) is 9.00. The number of amides is 2. The minimum Gasteiger partial charge on any atom is -0.507 e. The largest absolute Gasteiger partial charge is 0.507 e. The third-order valence-corrected chi connectivity index (χ3v) is 6.91. The fourth-order valence-electron chi connectivity index (χ4n) is 4.83. The Kier molecular flexibility index (Phi) is 7.87. The fraction of sp³-hybridized carbons (Fsp3) is 0.385. The summed E-state index contributed by atoms with van der Waals surface area (Å²) >= 11 is 6.22. The molecule has 10 nitrogen and oxygen atoms in total. The van der Waals surface area contributed by atoms with Gasteiger partial charge in [0.15, 0.2) is 0 Å². The lowest BCUT2D eigenvalue weighted by molar-refractivity contribution is -0.142. The number of pyridine rings is 1. The van der Waals surface area contributed by atoms with Crippen LogP contribution >= 0.6 is 11.6 Å². The van der Waals surface area contributed by atoms with Gasteiger partial charge >= 0.3 is 6.09 Å². The Bertz CT molecular complexity index is 1230. The number of piperidine rings is 1. The number of ether oxygens (including phenoxy) is 3. The van der Waals surface area contributed by atoms with Crippen LogP contribution in [-0.2, 0) is 14.3 Å². The van der Waals surface area contributed by atoms with Crippen LogP contribution in [0, 0.1) is 0 Å². The lowest BCUT2D eigenvalue weighted by Crippen LogP contribution is -2.48. The number of aliphatic hydroxyl groups is 1. The predicted octanol–water partition coefficient (Wildman–Crippen LogP) is 3.79. The average Bonchev–Trinajstić information content (AvgIpc) is 3.18. The van der Waals surface area contributed by atoms with Gasteiger partial charge in [0.1, 0.15) is 17.3 Å². The maximum atomic E-state index is 13.4. The molecule has 2 aliphatic heterocycles. The number of hydrogen-bond donors (Lipinski definition) is 1. The summed E-state index contributed by atoms with van der Waals surface area (Å²) in [7, 11) is 2.83. The van der Waals surface area contributed by atoms with E-state index in [0.717, 1.165) is 0 Å². The van der Waals surface area contributed by atoms with Crippen molar-refractivity contribution in [1.29, 1.82) is 0 Å². The van der Waals surface area contributed by atoms with Crippen molar-refractivity contribution in [2.24, 2.45) is 0 Å². The summed E-state index contributed by atoms with van der Waals surface area (Å²) in [5, 5.41) is 11.7. The number of carbonyl (C=O) groups excluding carboxylic acids is 3. The smallest absolute Gasteiger partial charge is 0.409 e. The number of methoxy groups -OCH3 is 2. The second kappa shape index (κ2) is 11.1. The highest BCUT2D eigenvalue weighted by molar-refractivity contribution is 6.46. The van der Waals surface area contributed by atoms with E-state index in [0.29, 0.717) is 31.5 Å². The molecule has 3 heterocycles. The minimum absolute atomic E-state index is 0.0771. The summed E-state index contributed by atoms with van der Waals surface area (Å²) in [6.07, 6.45) is 3.62. The van der Waals surface area contributed by atoms with Crippen LogP contribution < -0.4 is 9.47 Å². The van der Waals surface area contributed by atoms with Crippen molar-refractivity contribution in [2.45, 2.75) is 31.8 Å². The summed E-state index contributed by atoms with van der Waals surface area (Å²) in [6, 6.07) is 5.12. The van der Waals surface area contributed by atoms with Crippen LogP contribution in [0.15, 0.2) is 42.2 Å². The summed E-state index contributed by atoms with van der Waals surface area (Å²) in [5.41, 5.74) is 0.702. The Morgan fingerprint density at radius 2 is 1.76 bits per heavy atom. The van der Waals surface area contributed by atoms with Crippen LogP contribution in [0.25, 0.3) is 5.76 Å². The number of aliphatic hydroxyl groups excluding tert-OH is 1. The Labute approximate surface area is 219 Å². The molecule has 2 fully saturated rings. The SMILES string of the molecule is CCOC(=O)N1CCC(N2C(=O)C(=O)/C(=C(/O)c3cc(OC)c(Cl)cc3OC)C2c2ccncc2)CC1. The highest BCUT2D eigenvalue weighted by Crippen LogP contribution is 2.44. The number of Topliss-reactive ketones (excluding diaryl/α,β-unsaturated/α-hetero) is 1. The molecule has 4 rings (SSSR count). The van der Waals surface area contributed by atoms with Crippen molar-refractivity contribution in [3.05, 3.63) is 58.4 Å². The topological polar surface area (TPSA) is 119 Å². The van der Waals surface area contributed by atoms with Gasteiger partial charge in [-0.25, -0.2) is 4.79 Å². The van der Waals surface area contributed by atoms with E-state index in [4.69, 9.17) is 25.8 Å². The van der Waals surface area contributed by atoms with E-state index in [1.54, 1.807) is 36.4 Å². The van der Waals surface area contributed by atoms with Gasteiger partial charge < -0.3 is 29.1 Å². The number of hydrogen-bond acceptors (Lipinski definition) is 8. The lowest BCUT2D eigenvalue weighted by atomic mass is 9.94. The molecule has 196 valence electrons. The molecule has 1 atom stereocenters. The maximum Gasteiger partial charge on any atom is 0.409 e. The number of likely N-dealkylation sites (tertiary alicyclic amines) is 2. The Morgan fingerprint density at radius 3 is 2.35 bits per heavy atom. The summed E-state index contributed by atoms with van der Waals surface area (Å²) in [6.45, 7) is 2.76. The van der Waals surface area contributed by atoms with E-state index in [-0.39, 0.29) is 40.3 Å². The molecular formula is C26H28ClN3O7. The molecule has 1 aromatic carbocycles. The van der Waals surface area contributed by atoms with Crippen LogP contribution in [0.2, 0.25) is 5.02 Å². The quantitative estimate of drug-likeness (QED) is 0.341. The molecule has 37 heavy (non-hydrogen) atoms. The number of ketones is 1. The van der Waals surface area contributed by atoms with Crippen molar-refractivity contribution in [3.63, 3.8) is 0 Å². The fourth-order valence-corrected chi connectivity index (χ4v) is 5.06. The zero-order valence-corrected chi connectivity index (χ0v) is 21.5. The van der Waals surface area contributed by atoms with Crippen LogP contribution in [-0.4, -0.2) is 77.6 Å². The van der Waals surface area contributed by atoms with E-state index in [9.17, 15) is 19.5 Å². The molecule has 2 saturated heterocycles. The molecular weight excluding hydrogens is 502 g/mol. The zero-order chi connectivity index (χ0) is 26.7. The van der Waals surface area contributed by atoms with Crippen LogP contribution in [0.4, 0.5) is 4.79 Å². The highest BCUT2D eigenvalue weighted by Gasteiger charge is 2.49. The first-order valence-corrected chi connectivity index (χ1v) is 12.2. The van der Waals surface area contributed by atoms with Gasteiger partial charge in [0.2, 0.25) is 0 Å². The van der Waals surface area contributed by atoms with Crippen molar-refractivity contribution < 1.29 is 33.7 Å². The van der Waals surface area contributed by atoms with Gasteiger partial charge in [-0.05, 0) is 43.5 Å². The Morgan fingerprint density at radius 1 is 1.11 bits per heavy atom. The van der Waals surface area contributed by atoms with E-state index < -0.39 is 29.6 Å². The molecule has 0 radical (unpaired) electrons. The number of nitrogens with zero attached hydrogens (tertiary/aromatic N) is 3. The van der Waals surface area contributed by atoms with E-state index in [1.165, 1.54) is 31.3 Å². The average molecular weight is 530 g/mol. The molecule has 1 aromatic heterocycles. The monoisotopic (exact) mass is 529 g/mol. The summed E-state index contributed by atoms with van der Waals surface area (Å²) in [4.78, 5) is 46.1. The Hall–Kier alpha value is -3.79. The van der Waals surface area contributed by atoms with Crippen molar-refractivity contribution in [3.8, 4) is 11.5 Å². The van der Waals surface area contributed by atoms with Gasteiger partial charge in [-0.2, -0.15) is 0 Å². The number of rotatable bonds is 6. The van der Waals surface area contributed by atoms with Gasteiger partial charge in [-0.15, -0.1) is 0 Å². The van der Waals surface area contributed by atoms with Gasteiger partial charge in [0.25, 0.3) is 11.7 Å². The van der Waals surface area contributed by atoms with Crippen LogP contribution in [0.1, 0.15) is 36.9 Å². The zero-order valence-electron chi connectivity index (χ0n) is 20.8. The standard InChI is InChI=1S/C26H28ClN3O7/c1-4-37-26(34)29-11-7-16(8-12-29)30-22(15-5-9-28-10-6-15)21(24(32)25(30)33)23(31)17-13-20(36-3)18(27)14-19(17)35-2/h5-6,9-10,13-14,16,22,31H,4,7-8,11-12H2,1-3H3/b23-21+. The van der Waals surface area contributed by atoms with Gasteiger partial charge in [-0.1, -0.05) is 11.6 Å². The van der Waals surface area contributed by atoms with Gasteiger partial charge in [-0.3, -0.25) is 14.6 Å². The third-order valence-electron chi connectivity index (χ3n) is 6.61. The van der Waals surface area contributed by atoms with E-state index in [1.807, 2.05) is 0 Å². The first-order chi connectivity index (χ1) is 17.8. The number of halogens is 1. The number of aromatic nitrogens is 1. The molecule has 2 aromatic rings. The van der Waals surface area contributed by atoms with Crippen molar-refractivity contribution in [2.75, 3.05) is 33.9 Å².